The van der Waals surface area contributed by atoms with Crippen LogP contribution < -0.4 is 16.4 Å². The fraction of sp³-hybridized carbons (Fsp3) is 0.500. The van der Waals surface area contributed by atoms with Crippen LogP contribution in [0.1, 0.15) is 51.0 Å². The maximum absolute atomic E-state index is 14.4. The van der Waals surface area contributed by atoms with Crippen LogP contribution in [0.15, 0.2) is 18.3 Å². The van der Waals surface area contributed by atoms with Crippen LogP contribution in [0.4, 0.5) is 30.8 Å². The molecular formula is C24H28F3N7O2. The zero-order valence-electron chi connectivity index (χ0n) is 19.6. The molecule has 1 aliphatic carbocycles. The van der Waals surface area contributed by atoms with Crippen LogP contribution >= 0.6 is 0 Å². The maximum Gasteiger partial charge on any atom is 0.224 e. The Hall–Kier alpha value is -3.41. The van der Waals surface area contributed by atoms with E-state index in [9.17, 15) is 18.0 Å². The topological polar surface area (TPSA) is 120 Å². The molecule has 1 atom stereocenters. The SMILES string of the molecule is NC(=O)C1CCC(n2c(Nc3c(F)cc(F)cc3F)nc3cnc(N[C@H]4CCCOCC4)nc32)CC1. The third kappa shape index (κ3) is 5.08. The molecule has 1 amide bonds. The second-order valence-corrected chi connectivity index (χ2v) is 9.37. The van der Waals surface area contributed by atoms with Crippen LogP contribution in [-0.2, 0) is 9.53 Å². The lowest BCUT2D eigenvalue weighted by atomic mass is 9.85. The van der Waals surface area contributed by atoms with Gasteiger partial charge < -0.3 is 21.1 Å². The van der Waals surface area contributed by atoms with Crippen molar-refractivity contribution in [2.45, 2.75) is 57.0 Å². The number of nitrogens with one attached hydrogen (secondary N) is 2. The van der Waals surface area contributed by atoms with E-state index in [1.54, 1.807) is 10.8 Å². The largest absolute Gasteiger partial charge is 0.381 e. The Bertz CT molecular complexity index is 1230. The number of nitrogens with zero attached hydrogens (tertiary/aromatic N) is 4. The molecule has 192 valence electrons. The predicted molar refractivity (Wildman–Crippen MR) is 127 cm³/mol. The number of fused-ring (bicyclic) bond motifs is 1. The minimum absolute atomic E-state index is 0.145. The van der Waals surface area contributed by atoms with Crippen LogP contribution in [-0.4, -0.2) is 44.7 Å². The molecule has 4 N–H and O–H groups in total. The molecule has 2 aromatic heterocycles. The lowest BCUT2D eigenvalue weighted by Crippen LogP contribution is -2.29. The average Bonchev–Trinajstić information content (AvgIpc) is 2.99. The fourth-order valence-electron chi connectivity index (χ4n) is 5.02. The standard InChI is InChI=1S/C24H28F3N7O2/c25-14-10-17(26)20(18(27)11-14)32-24-31-19-12-29-23(30-15-2-1-8-36-9-7-15)33-22(19)34(24)16-5-3-13(4-6-16)21(28)35/h10-13,15-16H,1-9H2,(H2,28,35)(H,31,32)(H,29,30,33)/t13?,15-,16?/m0/s1. The number of hydrogen-bond acceptors (Lipinski definition) is 7. The number of anilines is 3. The molecule has 9 nitrogen and oxygen atoms in total. The number of halogens is 3. The molecule has 1 saturated carbocycles. The number of amides is 1. The van der Waals surface area contributed by atoms with Crippen LogP contribution in [0.25, 0.3) is 11.2 Å². The predicted octanol–water partition coefficient (Wildman–Crippen LogP) is 4.18. The van der Waals surface area contributed by atoms with Crippen molar-refractivity contribution in [2.75, 3.05) is 23.8 Å². The number of carbonyl (C=O) groups is 1. The smallest absolute Gasteiger partial charge is 0.224 e. The number of aromatic nitrogens is 4. The van der Waals surface area contributed by atoms with Gasteiger partial charge in [-0.3, -0.25) is 9.36 Å². The van der Waals surface area contributed by atoms with E-state index in [4.69, 9.17) is 15.5 Å². The van der Waals surface area contributed by atoms with Gasteiger partial charge in [0.1, 0.15) is 17.0 Å². The van der Waals surface area contributed by atoms with Crippen molar-refractivity contribution in [1.29, 1.82) is 0 Å². The van der Waals surface area contributed by atoms with E-state index in [2.05, 4.69) is 20.6 Å². The molecule has 1 saturated heterocycles. The summed E-state index contributed by atoms with van der Waals surface area (Å²) in [6.45, 7) is 1.38. The van der Waals surface area contributed by atoms with E-state index in [-0.39, 0.29) is 29.9 Å². The van der Waals surface area contributed by atoms with Gasteiger partial charge in [-0.25, -0.2) is 23.1 Å². The van der Waals surface area contributed by atoms with E-state index < -0.39 is 23.1 Å². The van der Waals surface area contributed by atoms with Crippen LogP contribution in [0.5, 0.6) is 0 Å². The highest BCUT2D eigenvalue weighted by molar-refractivity contribution is 5.78. The molecule has 12 heteroatoms. The molecule has 3 aromatic rings. The fourth-order valence-corrected chi connectivity index (χ4v) is 5.02. The lowest BCUT2D eigenvalue weighted by molar-refractivity contribution is -0.122. The number of hydrogen-bond donors (Lipinski definition) is 3. The molecule has 2 aliphatic rings. The van der Waals surface area contributed by atoms with E-state index in [1.165, 1.54) is 0 Å². The maximum atomic E-state index is 14.4. The first-order valence-corrected chi connectivity index (χ1v) is 12.2. The number of nitrogens with two attached hydrogens (primary N) is 1. The molecule has 1 aromatic carbocycles. The van der Waals surface area contributed by atoms with E-state index in [1.807, 2.05) is 0 Å². The van der Waals surface area contributed by atoms with Crippen molar-refractivity contribution in [3.8, 4) is 0 Å². The van der Waals surface area contributed by atoms with Gasteiger partial charge in [-0.2, -0.15) is 4.98 Å². The van der Waals surface area contributed by atoms with Gasteiger partial charge >= 0.3 is 0 Å². The Morgan fingerprint density at radius 2 is 1.78 bits per heavy atom. The van der Waals surface area contributed by atoms with E-state index in [0.29, 0.717) is 61.5 Å². The molecule has 1 aliphatic heterocycles. The van der Waals surface area contributed by atoms with Gasteiger partial charge in [-0.15, -0.1) is 0 Å². The second-order valence-electron chi connectivity index (χ2n) is 9.37. The quantitative estimate of drug-likeness (QED) is 0.461. The van der Waals surface area contributed by atoms with Gasteiger partial charge in [0.15, 0.2) is 17.3 Å². The van der Waals surface area contributed by atoms with E-state index in [0.717, 1.165) is 25.9 Å². The Kier molecular flexibility index (Phi) is 6.95. The van der Waals surface area contributed by atoms with Gasteiger partial charge in [0, 0.05) is 43.3 Å². The Labute approximate surface area is 205 Å². The summed E-state index contributed by atoms with van der Waals surface area (Å²) < 4.78 is 49.7. The summed E-state index contributed by atoms with van der Waals surface area (Å²) in [5.41, 5.74) is 5.91. The summed E-state index contributed by atoms with van der Waals surface area (Å²) in [6.07, 6.45) is 6.62. The van der Waals surface area contributed by atoms with Gasteiger partial charge in [-0.05, 0) is 44.9 Å². The van der Waals surface area contributed by atoms with Crippen molar-refractivity contribution < 1.29 is 22.7 Å². The monoisotopic (exact) mass is 503 g/mol. The van der Waals surface area contributed by atoms with Crippen LogP contribution in [0.3, 0.4) is 0 Å². The summed E-state index contributed by atoms with van der Waals surface area (Å²) in [5, 5.41) is 6.07. The molecule has 0 spiro atoms. The van der Waals surface area contributed by atoms with Crippen LogP contribution in [0, 0.1) is 23.4 Å². The van der Waals surface area contributed by atoms with Crippen molar-refractivity contribution in [3.05, 3.63) is 35.8 Å². The first kappa shape index (κ1) is 24.3. The van der Waals surface area contributed by atoms with Crippen molar-refractivity contribution in [3.63, 3.8) is 0 Å². The van der Waals surface area contributed by atoms with Gasteiger partial charge in [-0.1, -0.05) is 0 Å². The first-order valence-electron chi connectivity index (χ1n) is 12.2. The zero-order chi connectivity index (χ0) is 25.2. The molecule has 3 heterocycles. The summed E-state index contributed by atoms with van der Waals surface area (Å²) in [7, 11) is 0. The highest BCUT2D eigenvalue weighted by Crippen LogP contribution is 2.37. The third-order valence-corrected chi connectivity index (χ3v) is 6.93. The first-order chi connectivity index (χ1) is 17.4. The number of imidazole rings is 1. The highest BCUT2D eigenvalue weighted by Gasteiger charge is 2.30. The normalized spacial score (nSPS) is 22.8. The van der Waals surface area contributed by atoms with Crippen LogP contribution in [0.2, 0.25) is 0 Å². The lowest BCUT2D eigenvalue weighted by Gasteiger charge is -2.29. The number of carbonyl (C=O) groups excluding carboxylic acids is 1. The van der Waals surface area contributed by atoms with Crippen molar-refractivity contribution >= 4 is 34.7 Å². The highest BCUT2D eigenvalue weighted by atomic mass is 19.1. The zero-order valence-corrected chi connectivity index (χ0v) is 19.6. The average molecular weight is 504 g/mol. The molecule has 36 heavy (non-hydrogen) atoms. The van der Waals surface area contributed by atoms with Gasteiger partial charge in [0.05, 0.1) is 6.20 Å². The molecule has 5 rings (SSSR count). The van der Waals surface area contributed by atoms with Gasteiger partial charge in [0.2, 0.25) is 17.8 Å². The Balaban J connectivity index is 1.51. The van der Waals surface area contributed by atoms with Crippen molar-refractivity contribution in [1.82, 2.24) is 19.5 Å². The number of benzene rings is 1. The molecule has 0 radical (unpaired) electrons. The minimum atomic E-state index is -1.08. The number of primary amides is 1. The molecule has 0 bridgehead atoms. The summed E-state index contributed by atoms with van der Waals surface area (Å²) >= 11 is 0. The van der Waals surface area contributed by atoms with Gasteiger partial charge in [0.25, 0.3) is 0 Å². The summed E-state index contributed by atoms with van der Waals surface area (Å²) in [4.78, 5) is 25.3. The minimum Gasteiger partial charge on any atom is -0.381 e. The Morgan fingerprint density at radius 3 is 2.50 bits per heavy atom. The third-order valence-electron chi connectivity index (χ3n) is 6.93. The van der Waals surface area contributed by atoms with Crippen molar-refractivity contribution in [2.24, 2.45) is 11.7 Å². The number of rotatable bonds is 6. The number of ether oxygens (including phenoxy) is 1. The molecule has 0 unspecified atom stereocenters. The Morgan fingerprint density at radius 1 is 1.03 bits per heavy atom. The molecule has 2 fully saturated rings. The summed E-state index contributed by atoms with van der Waals surface area (Å²) in [6, 6.07) is 1.23. The molecular weight excluding hydrogens is 475 g/mol. The second kappa shape index (κ2) is 10.3. The van der Waals surface area contributed by atoms with E-state index >= 15 is 0 Å². The summed E-state index contributed by atoms with van der Waals surface area (Å²) in [5.74, 6) is -3.14.